The molecule has 0 bridgehead atoms. The van der Waals surface area contributed by atoms with Crippen LogP contribution < -0.4 is 0 Å². The highest BCUT2D eigenvalue weighted by molar-refractivity contribution is 7.26. The first-order valence-electron chi connectivity index (χ1n) is 35.6. The number of para-hydroxylation sites is 2. The Bertz CT molecular complexity index is 4250. The quantitative estimate of drug-likeness (QED) is 0.0406. The van der Waals surface area contributed by atoms with Gasteiger partial charge in [-0.05, 0) is 161 Å². The van der Waals surface area contributed by atoms with Gasteiger partial charge in [0.15, 0.2) is 0 Å². The molecule has 0 saturated carbocycles. The third-order valence-electron chi connectivity index (χ3n) is 19.8. The van der Waals surface area contributed by atoms with Crippen LogP contribution in [0.4, 0.5) is 0 Å². The Morgan fingerprint density at radius 3 is 1.15 bits per heavy atom. The molecule has 6 aromatic carbocycles. The number of benzene rings is 6. The van der Waals surface area contributed by atoms with Crippen LogP contribution in [-0.4, -0.2) is 9.55 Å². The molecule has 0 radical (unpaired) electrons. The van der Waals surface area contributed by atoms with Gasteiger partial charge in [0.05, 0.1) is 0 Å². The van der Waals surface area contributed by atoms with Crippen molar-refractivity contribution in [1.82, 2.24) is 9.55 Å². The molecule has 0 aliphatic heterocycles. The summed E-state index contributed by atoms with van der Waals surface area (Å²) < 4.78 is 2.58. The number of hydrogen-bond donors (Lipinski definition) is 1. The van der Waals surface area contributed by atoms with Crippen LogP contribution in [0, 0.1) is 0 Å². The molecule has 472 valence electrons. The summed E-state index contributed by atoms with van der Waals surface area (Å²) in [7, 11) is 0. The minimum atomic E-state index is -0.0226. The molecule has 6 heterocycles. The summed E-state index contributed by atoms with van der Waals surface area (Å²) in [4.78, 5) is 14.4. The van der Waals surface area contributed by atoms with Crippen molar-refractivity contribution in [2.24, 2.45) is 0 Å². The Labute approximate surface area is 561 Å². The number of rotatable bonds is 32. The lowest BCUT2D eigenvalue weighted by molar-refractivity contribution is 0.398. The summed E-state index contributed by atoms with van der Waals surface area (Å²) in [5, 5.41) is 5.32. The summed E-state index contributed by atoms with van der Waals surface area (Å²) in [6, 6.07) is 66.0. The van der Waals surface area contributed by atoms with Gasteiger partial charge in [-0.2, -0.15) is 0 Å². The zero-order valence-corrected chi connectivity index (χ0v) is 58.6. The van der Waals surface area contributed by atoms with Gasteiger partial charge in [0, 0.05) is 94.6 Å². The van der Waals surface area contributed by atoms with Crippen molar-refractivity contribution in [3.8, 4) is 72.4 Å². The summed E-state index contributed by atoms with van der Waals surface area (Å²) in [5.41, 5.74) is 16.5. The Hall–Kier alpha value is -6.28. The molecule has 13 rings (SSSR count). The third-order valence-corrected chi connectivity index (χ3v) is 24.7. The maximum absolute atomic E-state index is 3.61. The molecule has 0 saturated heterocycles. The molecule has 0 fully saturated rings. The van der Waals surface area contributed by atoms with E-state index in [4.69, 9.17) is 0 Å². The normalized spacial score (nSPS) is 12.6. The predicted molar refractivity (Wildman–Crippen MR) is 408 cm³/mol. The molecule has 0 unspecified atom stereocenters. The molecule has 12 aromatic rings. The highest BCUT2D eigenvalue weighted by Gasteiger charge is 2.43. The van der Waals surface area contributed by atoms with Crippen molar-refractivity contribution in [2.75, 3.05) is 0 Å². The van der Waals surface area contributed by atoms with Crippen LogP contribution in [0.3, 0.4) is 0 Å². The number of unbranched alkanes of at least 4 members (excludes halogenated alkanes) is 20. The Morgan fingerprint density at radius 1 is 0.297 bits per heavy atom. The van der Waals surface area contributed by atoms with Gasteiger partial charge in [-0.3, -0.25) is 0 Å². The summed E-state index contributed by atoms with van der Waals surface area (Å²) in [6.45, 7) is 12.6. The van der Waals surface area contributed by atoms with Gasteiger partial charge < -0.3 is 9.55 Å². The average molecular weight is 1280 g/mol. The van der Waals surface area contributed by atoms with Crippen LogP contribution in [0.5, 0.6) is 0 Å². The maximum atomic E-state index is 3.61. The van der Waals surface area contributed by atoms with Crippen molar-refractivity contribution in [2.45, 2.75) is 214 Å². The van der Waals surface area contributed by atoms with E-state index in [9.17, 15) is 0 Å². The fraction of sp³-hybridized carbons (Fsp3) is 0.388. The summed E-state index contributed by atoms with van der Waals surface area (Å²) in [6.07, 6.45) is 34.6. The zero-order chi connectivity index (χ0) is 62.4. The molecule has 6 heteroatoms. The summed E-state index contributed by atoms with van der Waals surface area (Å²) >= 11 is 7.77. The second-order valence-corrected chi connectivity index (χ2v) is 30.6. The number of fused-ring (bicyclic) bond motifs is 9. The van der Waals surface area contributed by atoms with E-state index >= 15 is 0 Å². The van der Waals surface area contributed by atoms with E-state index in [0.717, 1.165) is 6.54 Å². The van der Waals surface area contributed by atoms with Crippen molar-refractivity contribution in [3.05, 3.63) is 181 Å². The minimum absolute atomic E-state index is 0.0226. The van der Waals surface area contributed by atoms with Crippen LogP contribution in [0.1, 0.15) is 213 Å². The van der Waals surface area contributed by atoms with Crippen LogP contribution in [-0.2, 0) is 12.0 Å². The van der Waals surface area contributed by atoms with Gasteiger partial charge in [0.1, 0.15) is 0 Å². The Kier molecular flexibility index (Phi) is 22.5. The Morgan fingerprint density at radius 2 is 0.659 bits per heavy atom. The first kappa shape index (κ1) is 64.8. The van der Waals surface area contributed by atoms with E-state index in [1.165, 1.54) is 283 Å². The lowest BCUT2D eigenvalue weighted by Gasteiger charge is -2.33. The van der Waals surface area contributed by atoms with Crippen LogP contribution in [0.2, 0.25) is 0 Å². The number of nitrogens with one attached hydrogen (secondary N) is 1. The maximum Gasteiger partial charge on any atom is 0.0491 e. The number of nitrogens with zero attached hydrogens (tertiary/aromatic N) is 1. The standard InChI is InChI=1S/C77H80N2S4.C8H18/c1-4-7-10-13-16-23-46-77(47-24-17-14-11-8-5-2)63-51-55(71-40-44-75(82-71)73-42-38-69(80-73)53-32-36-66-61(49-53)59-26-19-21-28-65(59)78-66)30-34-57(63)58-35-31-56(52-64(58)77)72-41-45-76(83-72)74-43-39-70(81-74)54-33-37-68-62(50-54)60-27-20-22-29-67(60)79(68)48-25-18-15-12-9-6-3;1-3-5-7-8-6-4-2/h19-22,26-45,49-52,78H,4-18,23-25,46-48H2,1-3H3;3-8H2,1-2H3. The highest BCUT2D eigenvalue weighted by atomic mass is 32.1. The smallest absolute Gasteiger partial charge is 0.0491 e. The number of H-pyrrole nitrogens is 1. The van der Waals surface area contributed by atoms with E-state index in [2.05, 4.69) is 214 Å². The Balaban J connectivity index is 0.000000938. The number of aryl methyl sites for hydroxylation is 1. The summed E-state index contributed by atoms with van der Waals surface area (Å²) in [5.74, 6) is 0. The van der Waals surface area contributed by atoms with Crippen molar-refractivity contribution >= 4 is 89.0 Å². The topological polar surface area (TPSA) is 20.7 Å². The SMILES string of the molecule is CCCCCCCC.CCCCCCCCn1c2ccccc2c2cc(-c3ccc(-c4ccc(-c5ccc6c(c5)C(CCCCCCCC)(CCCCCCCC)c5cc(-c7ccc(-c8ccc(-c9ccc%10[nH]c%11ccccc%11c%10c9)s8)s7)ccc5-6)s4)s3)ccc21. The molecular weight excluding hydrogens is 1180 g/mol. The highest BCUT2D eigenvalue weighted by Crippen LogP contribution is 2.57. The third kappa shape index (κ3) is 14.7. The largest absolute Gasteiger partial charge is 0.355 e. The fourth-order valence-corrected chi connectivity index (χ4v) is 18.9. The van der Waals surface area contributed by atoms with Crippen molar-refractivity contribution < 1.29 is 0 Å². The van der Waals surface area contributed by atoms with Gasteiger partial charge in [-0.25, -0.2) is 0 Å². The van der Waals surface area contributed by atoms with Gasteiger partial charge in [-0.15, -0.1) is 45.3 Å². The molecule has 1 N–H and O–H groups in total. The predicted octanol–water partition coefficient (Wildman–Crippen LogP) is 29.2. The van der Waals surface area contributed by atoms with Gasteiger partial charge in [0.25, 0.3) is 0 Å². The molecule has 91 heavy (non-hydrogen) atoms. The van der Waals surface area contributed by atoms with Crippen molar-refractivity contribution in [1.29, 1.82) is 0 Å². The second kappa shape index (κ2) is 31.6. The molecule has 0 amide bonds. The lowest BCUT2D eigenvalue weighted by atomic mass is 9.70. The molecule has 0 spiro atoms. The monoisotopic (exact) mass is 1270 g/mol. The van der Waals surface area contributed by atoms with Gasteiger partial charge >= 0.3 is 0 Å². The van der Waals surface area contributed by atoms with Crippen LogP contribution in [0.15, 0.2) is 170 Å². The first-order valence-corrected chi connectivity index (χ1v) is 38.9. The average Bonchev–Trinajstić information content (AvgIpc) is 1.77. The number of aromatic amines is 1. The molecule has 1 aliphatic carbocycles. The van der Waals surface area contributed by atoms with E-state index in [0.29, 0.717) is 0 Å². The van der Waals surface area contributed by atoms with Crippen LogP contribution in [0.25, 0.3) is 116 Å². The van der Waals surface area contributed by atoms with E-state index in [-0.39, 0.29) is 5.41 Å². The van der Waals surface area contributed by atoms with Crippen LogP contribution >= 0.6 is 45.3 Å². The molecule has 0 atom stereocenters. The van der Waals surface area contributed by atoms with E-state index < -0.39 is 0 Å². The van der Waals surface area contributed by atoms with E-state index in [1.807, 2.05) is 45.3 Å². The number of hydrogen-bond acceptors (Lipinski definition) is 4. The fourth-order valence-electron chi connectivity index (χ4n) is 14.7. The molecule has 6 aromatic heterocycles. The first-order chi connectivity index (χ1) is 44.9. The number of thiophene rings is 4. The van der Waals surface area contributed by atoms with Gasteiger partial charge in [-0.1, -0.05) is 255 Å². The minimum Gasteiger partial charge on any atom is -0.355 e. The number of aromatic nitrogens is 2. The van der Waals surface area contributed by atoms with Gasteiger partial charge in [0.2, 0.25) is 0 Å². The van der Waals surface area contributed by atoms with Crippen molar-refractivity contribution in [3.63, 3.8) is 0 Å². The van der Waals surface area contributed by atoms with E-state index in [1.54, 1.807) is 11.1 Å². The second-order valence-electron chi connectivity index (χ2n) is 26.3. The molecule has 1 aliphatic rings. The lowest BCUT2D eigenvalue weighted by Crippen LogP contribution is -2.25. The zero-order valence-electron chi connectivity index (χ0n) is 55.3. The molecular formula is C85H98N2S4. The molecule has 2 nitrogen and oxygen atoms in total.